The van der Waals surface area contributed by atoms with Crippen molar-refractivity contribution in [2.24, 2.45) is 0 Å². The van der Waals surface area contributed by atoms with Crippen molar-refractivity contribution in [2.45, 2.75) is 148 Å². The highest BCUT2D eigenvalue weighted by Crippen LogP contribution is 2.22. The fourth-order valence-electron chi connectivity index (χ4n) is 3.97. The third-order valence-electron chi connectivity index (χ3n) is 5.57. The lowest BCUT2D eigenvalue weighted by atomic mass is 9.98. The lowest BCUT2D eigenvalue weighted by Gasteiger charge is -2.30. The van der Waals surface area contributed by atoms with E-state index in [1.165, 1.54) is 39.2 Å². The first-order chi connectivity index (χ1) is 14.2. The van der Waals surface area contributed by atoms with Crippen molar-refractivity contribution in [3.63, 3.8) is 0 Å². The Balaban J connectivity index is 4.31. The number of carbonyl (C=O) groups excluding carboxylic acids is 1. The molecular weight excluding hydrogens is 380 g/mol. The van der Waals surface area contributed by atoms with Gasteiger partial charge >= 0.3 is 5.97 Å². The smallest absolute Gasteiger partial charge is 0.305 e. The van der Waals surface area contributed by atoms with Crippen LogP contribution in [0.15, 0.2) is 0 Å². The van der Waals surface area contributed by atoms with Gasteiger partial charge in [0.15, 0.2) is 0 Å². The molecule has 2 N–H and O–H groups in total. The van der Waals surface area contributed by atoms with Gasteiger partial charge in [-0.15, -0.1) is 0 Å². The van der Waals surface area contributed by atoms with Crippen LogP contribution in [0.25, 0.3) is 0 Å². The number of ether oxygens (including phenoxy) is 2. The Bertz CT molecular complexity index is 405. The number of hydrogen-bond acceptors (Lipinski definition) is 5. The van der Waals surface area contributed by atoms with Crippen molar-refractivity contribution in [1.29, 1.82) is 0 Å². The zero-order valence-electron chi connectivity index (χ0n) is 20.5. The van der Waals surface area contributed by atoms with Crippen molar-refractivity contribution in [3.8, 4) is 0 Å². The second-order valence-electron chi connectivity index (χ2n) is 9.51. The molecule has 0 aromatic heterocycles. The van der Waals surface area contributed by atoms with E-state index in [0.717, 1.165) is 51.4 Å². The fourth-order valence-corrected chi connectivity index (χ4v) is 3.97. The molecule has 0 amide bonds. The third-order valence-corrected chi connectivity index (χ3v) is 5.57. The van der Waals surface area contributed by atoms with Crippen molar-refractivity contribution in [1.82, 2.24) is 0 Å². The average Bonchev–Trinajstić information content (AvgIpc) is 2.67. The first-order valence-corrected chi connectivity index (χ1v) is 12.3. The van der Waals surface area contributed by atoms with Crippen LogP contribution in [-0.4, -0.2) is 47.2 Å². The summed E-state index contributed by atoms with van der Waals surface area (Å²) in [5.74, 6) is -0.137. The Morgan fingerprint density at radius 1 is 0.900 bits per heavy atom. The number of rotatable bonds is 20. The summed E-state index contributed by atoms with van der Waals surface area (Å²) in [7, 11) is 1.43. The summed E-state index contributed by atoms with van der Waals surface area (Å²) in [6.45, 7) is 7.79. The maximum Gasteiger partial charge on any atom is 0.305 e. The van der Waals surface area contributed by atoms with Crippen LogP contribution in [0.5, 0.6) is 0 Å². The van der Waals surface area contributed by atoms with Crippen molar-refractivity contribution < 1.29 is 24.5 Å². The Labute approximate surface area is 185 Å². The third kappa shape index (κ3) is 18.1. The Kier molecular flexibility index (Phi) is 17.6. The maximum absolute atomic E-state index is 11.1. The SMILES string of the molecule is CCCCCCCCC(O)C(CCCCCCCC(=O)OC)OC(C)CC(C)(C)O. The fraction of sp³-hybridized carbons (Fsp3) is 0.960. The number of unbranched alkanes of at least 4 members (excludes halogenated alkanes) is 9. The highest BCUT2D eigenvalue weighted by atomic mass is 16.5. The number of methoxy groups -OCH3 is 1. The van der Waals surface area contributed by atoms with Crippen LogP contribution in [-0.2, 0) is 14.3 Å². The van der Waals surface area contributed by atoms with Crippen LogP contribution < -0.4 is 0 Å². The molecule has 0 aromatic rings. The van der Waals surface area contributed by atoms with Crippen molar-refractivity contribution >= 4 is 5.97 Å². The zero-order chi connectivity index (χ0) is 22.8. The molecule has 0 aliphatic carbocycles. The maximum atomic E-state index is 11.1. The molecule has 3 atom stereocenters. The minimum absolute atomic E-state index is 0.0886. The van der Waals surface area contributed by atoms with Gasteiger partial charge in [0, 0.05) is 12.8 Å². The summed E-state index contributed by atoms with van der Waals surface area (Å²) in [5, 5.41) is 20.8. The molecule has 0 aliphatic rings. The van der Waals surface area contributed by atoms with E-state index in [1.54, 1.807) is 13.8 Å². The molecular formula is C25H50O5. The molecule has 0 aliphatic heterocycles. The molecule has 0 rings (SSSR count). The lowest BCUT2D eigenvalue weighted by molar-refractivity contribution is -0.140. The zero-order valence-corrected chi connectivity index (χ0v) is 20.5. The molecule has 0 aromatic carbocycles. The van der Waals surface area contributed by atoms with Crippen molar-refractivity contribution in [2.75, 3.05) is 7.11 Å². The molecule has 0 heterocycles. The number of aliphatic hydroxyl groups is 2. The number of aliphatic hydroxyl groups excluding tert-OH is 1. The number of esters is 1. The Morgan fingerprint density at radius 2 is 1.43 bits per heavy atom. The predicted octanol–water partition coefficient (Wildman–Crippen LogP) is 5.94. The summed E-state index contributed by atoms with van der Waals surface area (Å²) in [4.78, 5) is 11.1. The quantitative estimate of drug-likeness (QED) is 0.185. The van der Waals surface area contributed by atoms with Gasteiger partial charge < -0.3 is 19.7 Å². The molecule has 5 heteroatoms. The van der Waals surface area contributed by atoms with E-state index in [1.807, 2.05) is 6.92 Å². The van der Waals surface area contributed by atoms with Gasteiger partial charge in [0.05, 0.1) is 31.0 Å². The lowest BCUT2D eigenvalue weighted by Crippen LogP contribution is -2.35. The van der Waals surface area contributed by atoms with E-state index < -0.39 is 11.7 Å². The molecule has 0 saturated carbocycles. The van der Waals surface area contributed by atoms with E-state index in [9.17, 15) is 15.0 Å². The summed E-state index contributed by atoms with van der Waals surface area (Å²) in [6, 6.07) is 0. The van der Waals surface area contributed by atoms with Gasteiger partial charge in [-0.05, 0) is 40.0 Å². The van der Waals surface area contributed by atoms with Crippen LogP contribution in [0.2, 0.25) is 0 Å². The topological polar surface area (TPSA) is 76.0 Å². The van der Waals surface area contributed by atoms with Crippen LogP contribution in [0.3, 0.4) is 0 Å². The molecule has 30 heavy (non-hydrogen) atoms. The van der Waals surface area contributed by atoms with Gasteiger partial charge in [-0.2, -0.15) is 0 Å². The minimum Gasteiger partial charge on any atom is -0.469 e. The minimum atomic E-state index is -0.770. The van der Waals surface area contributed by atoms with Crippen molar-refractivity contribution in [3.05, 3.63) is 0 Å². The second-order valence-corrected chi connectivity index (χ2v) is 9.51. The van der Waals surface area contributed by atoms with E-state index >= 15 is 0 Å². The average molecular weight is 431 g/mol. The van der Waals surface area contributed by atoms with E-state index in [0.29, 0.717) is 12.8 Å². The van der Waals surface area contributed by atoms with Gasteiger partial charge in [-0.3, -0.25) is 4.79 Å². The molecule has 0 bridgehead atoms. The Hall–Kier alpha value is -0.650. The molecule has 0 saturated heterocycles. The van der Waals surface area contributed by atoms with E-state index in [-0.39, 0.29) is 18.2 Å². The van der Waals surface area contributed by atoms with E-state index in [4.69, 9.17) is 4.74 Å². The predicted molar refractivity (Wildman–Crippen MR) is 124 cm³/mol. The van der Waals surface area contributed by atoms with Crippen LogP contribution in [0.1, 0.15) is 124 Å². The molecule has 0 radical (unpaired) electrons. The number of hydrogen-bond donors (Lipinski definition) is 2. The van der Waals surface area contributed by atoms with Crippen LogP contribution in [0, 0.1) is 0 Å². The van der Waals surface area contributed by atoms with E-state index in [2.05, 4.69) is 11.7 Å². The summed E-state index contributed by atoms with van der Waals surface area (Å²) >= 11 is 0. The normalized spacial score (nSPS) is 15.0. The summed E-state index contributed by atoms with van der Waals surface area (Å²) in [6.07, 6.45) is 14.3. The van der Waals surface area contributed by atoms with Gasteiger partial charge in [-0.25, -0.2) is 0 Å². The van der Waals surface area contributed by atoms with Crippen LogP contribution >= 0.6 is 0 Å². The van der Waals surface area contributed by atoms with Gasteiger partial charge in [-0.1, -0.05) is 71.1 Å². The van der Waals surface area contributed by atoms with Gasteiger partial charge in [0.25, 0.3) is 0 Å². The monoisotopic (exact) mass is 430 g/mol. The van der Waals surface area contributed by atoms with Gasteiger partial charge in [0.1, 0.15) is 0 Å². The molecule has 5 nitrogen and oxygen atoms in total. The summed E-state index contributed by atoms with van der Waals surface area (Å²) < 4.78 is 10.9. The first kappa shape index (κ1) is 29.4. The highest BCUT2D eigenvalue weighted by Gasteiger charge is 2.25. The first-order valence-electron chi connectivity index (χ1n) is 12.3. The largest absolute Gasteiger partial charge is 0.469 e. The Morgan fingerprint density at radius 3 is 2.00 bits per heavy atom. The number of carbonyl (C=O) groups is 1. The molecule has 3 unspecified atom stereocenters. The standard InChI is InChI=1S/C25H50O5/c1-6-7-8-9-11-14-17-22(26)23(30-21(2)20-25(3,4)28)18-15-12-10-13-16-19-24(27)29-5/h21-23,26,28H,6-20H2,1-5H3. The molecule has 0 fully saturated rings. The molecule has 0 spiro atoms. The summed E-state index contributed by atoms with van der Waals surface area (Å²) in [5.41, 5.74) is -0.770. The highest BCUT2D eigenvalue weighted by molar-refractivity contribution is 5.68. The van der Waals surface area contributed by atoms with Crippen LogP contribution in [0.4, 0.5) is 0 Å². The van der Waals surface area contributed by atoms with Gasteiger partial charge in [0.2, 0.25) is 0 Å². The molecule has 180 valence electrons. The second kappa shape index (κ2) is 18.0.